The number of hydrogen-bond donors (Lipinski definition) is 2. The summed E-state index contributed by atoms with van der Waals surface area (Å²) in [6, 6.07) is 4.86. The minimum atomic E-state index is -0.700. The van der Waals surface area contributed by atoms with Gasteiger partial charge in [0, 0.05) is 17.5 Å². The smallest absolute Gasteiger partial charge is 0.124 e. The largest absolute Gasteiger partial charge is 0.390 e. The van der Waals surface area contributed by atoms with Gasteiger partial charge in [-0.25, -0.2) is 4.39 Å². The van der Waals surface area contributed by atoms with Gasteiger partial charge in [-0.3, -0.25) is 0 Å². The van der Waals surface area contributed by atoms with Gasteiger partial charge in [0.05, 0.1) is 5.60 Å². The zero-order valence-corrected chi connectivity index (χ0v) is 11.3. The van der Waals surface area contributed by atoms with Gasteiger partial charge in [0.2, 0.25) is 0 Å². The molecule has 0 heterocycles. The highest BCUT2D eigenvalue weighted by molar-refractivity contribution is 6.31. The zero-order valence-electron chi connectivity index (χ0n) is 10.5. The number of aliphatic hydroxyl groups is 1. The van der Waals surface area contributed by atoms with Gasteiger partial charge in [-0.1, -0.05) is 17.7 Å². The number of halogens is 2. The van der Waals surface area contributed by atoms with Crippen LogP contribution in [0.15, 0.2) is 18.2 Å². The van der Waals surface area contributed by atoms with Crippen molar-refractivity contribution in [3.63, 3.8) is 0 Å². The third-order valence-corrected chi connectivity index (χ3v) is 4.21. The molecule has 18 heavy (non-hydrogen) atoms. The van der Waals surface area contributed by atoms with E-state index in [4.69, 9.17) is 11.6 Å². The van der Waals surface area contributed by atoms with E-state index in [0.717, 1.165) is 31.2 Å². The van der Waals surface area contributed by atoms with Crippen LogP contribution < -0.4 is 5.32 Å². The van der Waals surface area contributed by atoms with Crippen LogP contribution in [0, 0.1) is 5.82 Å². The van der Waals surface area contributed by atoms with Crippen LogP contribution in [0.25, 0.3) is 0 Å². The van der Waals surface area contributed by atoms with Crippen LogP contribution in [0.5, 0.6) is 0 Å². The highest BCUT2D eigenvalue weighted by Crippen LogP contribution is 2.33. The van der Waals surface area contributed by atoms with Crippen LogP contribution in [-0.4, -0.2) is 23.8 Å². The van der Waals surface area contributed by atoms with Crippen molar-refractivity contribution in [1.82, 2.24) is 5.32 Å². The fourth-order valence-electron chi connectivity index (χ4n) is 2.64. The first kappa shape index (κ1) is 13.8. The van der Waals surface area contributed by atoms with E-state index < -0.39 is 5.60 Å². The Hall–Kier alpha value is -0.640. The molecule has 0 aromatic heterocycles. The third-order valence-electron chi connectivity index (χ3n) is 3.86. The summed E-state index contributed by atoms with van der Waals surface area (Å²) in [6.07, 6.45) is 3.94. The molecular formula is C14H19ClFNO. The monoisotopic (exact) mass is 271 g/mol. The third kappa shape index (κ3) is 3.22. The van der Waals surface area contributed by atoms with Crippen molar-refractivity contribution in [1.29, 1.82) is 0 Å². The minimum Gasteiger partial charge on any atom is -0.390 e. The van der Waals surface area contributed by atoms with E-state index in [0.29, 0.717) is 17.5 Å². The van der Waals surface area contributed by atoms with Crippen molar-refractivity contribution in [3.05, 3.63) is 34.6 Å². The summed E-state index contributed by atoms with van der Waals surface area (Å²) in [5.74, 6) is -0.338. The topological polar surface area (TPSA) is 32.3 Å². The Bertz CT molecular complexity index is 416. The molecule has 1 fully saturated rings. The molecular weight excluding hydrogens is 253 g/mol. The summed E-state index contributed by atoms with van der Waals surface area (Å²) >= 11 is 6.00. The van der Waals surface area contributed by atoms with Crippen molar-refractivity contribution in [2.45, 2.75) is 43.7 Å². The Balaban J connectivity index is 2.04. The Labute approximate surface area is 112 Å². The second-order valence-electron chi connectivity index (χ2n) is 5.20. The van der Waals surface area contributed by atoms with Crippen molar-refractivity contribution < 1.29 is 9.50 Å². The summed E-state index contributed by atoms with van der Waals surface area (Å²) in [6.45, 7) is 0. The first-order chi connectivity index (χ1) is 8.52. The average Bonchev–Trinajstić information content (AvgIpc) is 2.34. The molecule has 2 N–H and O–H groups in total. The van der Waals surface area contributed by atoms with Crippen molar-refractivity contribution >= 4 is 11.6 Å². The quantitative estimate of drug-likeness (QED) is 0.886. The molecule has 0 spiro atoms. The summed E-state index contributed by atoms with van der Waals surface area (Å²) in [5, 5.41) is 14.2. The SMILES string of the molecule is CNC1CCC(O)(Cc2ccc(F)cc2Cl)CC1. The molecule has 1 aliphatic rings. The second kappa shape index (κ2) is 5.55. The number of benzene rings is 1. The molecule has 1 saturated carbocycles. The molecule has 4 heteroatoms. The summed E-state index contributed by atoms with van der Waals surface area (Å²) in [7, 11) is 1.95. The van der Waals surface area contributed by atoms with Crippen molar-refractivity contribution in [2.75, 3.05) is 7.05 Å². The van der Waals surface area contributed by atoms with E-state index in [2.05, 4.69) is 5.32 Å². The number of nitrogens with one attached hydrogen (secondary N) is 1. The molecule has 0 unspecified atom stereocenters. The molecule has 1 aromatic rings. The molecule has 0 saturated heterocycles. The Morgan fingerprint density at radius 2 is 2.11 bits per heavy atom. The van der Waals surface area contributed by atoms with Gasteiger partial charge in [0.25, 0.3) is 0 Å². The molecule has 1 aromatic carbocycles. The van der Waals surface area contributed by atoms with Crippen LogP contribution in [0.2, 0.25) is 5.02 Å². The van der Waals surface area contributed by atoms with Gasteiger partial charge in [-0.2, -0.15) is 0 Å². The highest BCUT2D eigenvalue weighted by Gasteiger charge is 2.33. The van der Waals surface area contributed by atoms with Gasteiger partial charge in [-0.15, -0.1) is 0 Å². The molecule has 0 atom stereocenters. The normalized spacial score (nSPS) is 28.3. The Kier molecular flexibility index (Phi) is 4.25. The molecule has 0 bridgehead atoms. The van der Waals surface area contributed by atoms with Crippen LogP contribution in [-0.2, 0) is 6.42 Å². The van der Waals surface area contributed by atoms with Crippen LogP contribution >= 0.6 is 11.6 Å². The van der Waals surface area contributed by atoms with Crippen LogP contribution in [0.4, 0.5) is 4.39 Å². The summed E-state index contributed by atoms with van der Waals surface area (Å²) < 4.78 is 13.0. The lowest BCUT2D eigenvalue weighted by Crippen LogP contribution is -2.41. The standard InChI is InChI=1S/C14H19ClFNO/c1-17-12-4-6-14(18,7-5-12)9-10-2-3-11(16)8-13(10)15/h2-3,8,12,17-18H,4-7,9H2,1H3. The van der Waals surface area contributed by atoms with Gasteiger partial charge in [0.1, 0.15) is 5.82 Å². The van der Waals surface area contributed by atoms with Crippen LogP contribution in [0.3, 0.4) is 0 Å². The Morgan fingerprint density at radius 1 is 1.44 bits per heavy atom. The maximum atomic E-state index is 13.0. The fraction of sp³-hybridized carbons (Fsp3) is 0.571. The molecule has 0 amide bonds. The van der Waals surface area contributed by atoms with E-state index in [1.807, 2.05) is 7.05 Å². The van der Waals surface area contributed by atoms with Gasteiger partial charge in [0.15, 0.2) is 0 Å². The minimum absolute atomic E-state index is 0.338. The first-order valence-corrected chi connectivity index (χ1v) is 6.74. The maximum Gasteiger partial charge on any atom is 0.124 e. The van der Waals surface area contributed by atoms with E-state index in [1.165, 1.54) is 12.1 Å². The molecule has 100 valence electrons. The van der Waals surface area contributed by atoms with E-state index in [-0.39, 0.29) is 5.82 Å². The number of hydrogen-bond acceptors (Lipinski definition) is 2. The molecule has 1 aliphatic carbocycles. The van der Waals surface area contributed by atoms with Gasteiger partial charge in [-0.05, 0) is 50.4 Å². The lowest BCUT2D eigenvalue weighted by atomic mass is 9.78. The lowest BCUT2D eigenvalue weighted by Gasteiger charge is -2.36. The van der Waals surface area contributed by atoms with Crippen molar-refractivity contribution in [2.24, 2.45) is 0 Å². The van der Waals surface area contributed by atoms with E-state index >= 15 is 0 Å². The number of rotatable bonds is 3. The highest BCUT2D eigenvalue weighted by atomic mass is 35.5. The zero-order chi connectivity index (χ0) is 13.2. The van der Waals surface area contributed by atoms with E-state index in [9.17, 15) is 9.50 Å². The molecule has 2 nitrogen and oxygen atoms in total. The Morgan fingerprint density at radius 3 is 2.67 bits per heavy atom. The van der Waals surface area contributed by atoms with Gasteiger partial charge >= 0.3 is 0 Å². The summed E-state index contributed by atoms with van der Waals surface area (Å²) in [5.41, 5.74) is 0.123. The molecule has 0 radical (unpaired) electrons. The maximum absolute atomic E-state index is 13.0. The molecule has 2 rings (SSSR count). The predicted octanol–water partition coefficient (Wildman–Crippen LogP) is 2.91. The first-order valence-electron chi connectivity index (χ1n) is 6.36. The molecule has 0 aliphatic heterocycles. The average molecular weight is 272 g/mol. The van der Waals surface area contributed by atoms with Crippen LogP contribution in [0.1, 0.15) is 31.2 Å². The van der Waals surface area contributed by atoms with Crippen molar-refractivity contribution in [3.8, 4) is 0 Å². The lowest BCUT2D eigenvalue weighted by molar-refractivity contribution is -0.00242. The van der Waals surface area contributed by atoms with Gasteiger partial charge < -0.3 is 10.4 Å². The fourth-order valence-corrected chi connectivity index (χ4v) is 2.87. The van der Waals surface area contributed by atoms with E-state index in [1.54, 1.807) is 6.07 Å². The predicted molar refractivity (Wildman–Crippen MR) is 71.4 cm³/mol. The second-order valence-corrected chi connectivity index (χ2v) is 5.61. The summed E-state index contributed by atoms with van der Waals surface area (Å²) in [4.78, 5) is 0.